The zero-order valence-corrected chi connectivity index (χ0v) is 11.4. The van der Waals surface area contributed by atoms with Gasteiger partial charge < -0.3 is 0 Å². The van der Waals surface area contributed by atoms with E-state index in [1.165, 1.54) is 11.3 Å². The predicted molar refractivity (Wildman–Crippen MR) is 67.6 cm³/mol. The largest absolute Gasteiger partial charge is 0.234 e. The van der Waals surface area contributed by atoms with Gasteiger partial charge in [0.1, 0.15) is 11.1 Å². The minimum absolute atomic E-state index is 0.338. The van der Waals surface area contributed by atoms with Crippen LogP contribution < -0.4 is 0 Å². The first-order chi connectivity index (χ1) is 8.67. The van der Waals surface area contributed by atoms with Crippen molar-refractivity contribution in [1.29, 1.82) is 5.26 Å². The molecule has 0 saturated carbocycles. The number of hydrogen-bond donors (Lipinski definition) is 0. The molecule has 0 bridgehead atoms. The van der Waals surface area contributed by atoms with E-state index < -0.39 is 0 Å². The molecule has 2 aromatic rings. The Labute approximate surface area is 109 Å². The van der Waals surface area contributed by atoms with E-state index in [0.717, 1.165) is 23.5 Å². The van der Waals surface area contributed by atoms with Crippen LogP contribution in [0.25, 0.3) is 5.13 Å². The van der Waals surface area contributed by atoms with E-state index in [2.05, 4.69) is 47.3 Å². The lowest BCUT2D eigenvalue weighted by atomic mass is 10.2. The highest BCUT2D eigenvalue weighted by atomic mass is 32.1. The van der Waals surface area contributed by atoms with Gasteiger partial charge in [-0.15, -0.1) is 15.3 Å². The van der Waals surface area contributed by atoms with Crippen molar-refractivity contribution < 1.29 is 0 Å². The maximum Gasteiger partial charge on any atom is 0.234 e. The minimum atomic E-state index is 0.338. The molecule has 0 aromatic carbocycles. The van der Waals surface area contributed by atoms with Crippen LogP contribution >= 0.6 is 11.3 Å². The van der Waals surface area contributed by atoms with Crippen LogP contribution in [0.15, 0.2) is 0 Å². The molecule has 0 aliphatic carbocycles. The first-order valence-electron chi connectivity index (χ1n) is 5.85. The molecule has 94 valence electrons. The van der Waals surface area contributed by atoms with E-state index >= 15 is 0 Å². The topological polar surface area (TPSA) is 80.3 Å². The van der Waals surface area contributed by atoms with Crippen LogP contribution in [0.3, 0.4) is 0 Å². The van der Waals surface area contributed by atoms with Gasteiger partial charge in [0.15, 0.2) is 5.69 Å². The van der Waals surface area contributed by atoms with Crippen molar-refractivity contribution in [3.63, 3.8) is 0 Å². The van der Waals surface area contributed by atoms with Crippen molar-refractivity contribution in [2.24, 2.45) is 0 Å². The van der Waals surface area contributed by atoms with Gasteiger partial charge in [-0.25, -0.2) is 0 Å². The van der Waals surface area contributed by atoms with E-state index in [-0.39, 0.29) is 0 Å². The van der Waals surface area contributed by atoms with E-state index in [1.807, 2.05) is 0 Å². The molecule has 0 amide bonds. The van der Waals surface area contributed by atoms with Gasteiger partial charge in [0, 0.05) is 5.92 Å². The van der Waals surface area contributed by atoms with Gasteiger partial charge >= 0.3 is 0 Å². The molecule has 2 aromatic heterocycles. The van der Waals surface area contributed by atoms with Crippen LogP contribution in [0.5, 0.6) is 0 Å². The maximum absolute atomic E-state index is 9.00. The third kappa shape index (κ3) is 2.24. The summed E-state index contributed by atoms with van der Waals surface area (Å²) in [6.45, 7) is 6.19. The Bertz CT molecular complexity index is 577. The summed E-state index contributed by atoms with van der Waals surface area (Å²) in [6, 6.07) is 2.06. The smallest absolute Gasteiger partial charge is 0.191 e. The highest BCUT2D eigenvalue weighted by molar-refractivity contribution is 7.13. The molecular weight excluding hydrogens is 248 g/mol. The number of rotatable bonds is 4. The molecule has 18 heavy (non-hydrogen) atoms. The van der Waals surface area contributed by atoms with Crippen molar-refractivity contribution in [2.75, 3.05) is 0 Å². The lowest BCUT2D eigenvalue weighted by molar-refractivity contribution is 0.729. The van der Waals surface area contributed by atoms with Crippen LogP contribution in [0.4, 0.5) is 0 Å². The third-order valence-corrected chi connectivity index (χ3v) is 3.66. The van der Waals surface area contributed by atoms with Crippen molar-refractivity contribution in [1.82, 2.24) is 25.2 Å². The van der Waals surface area contributed by atoms with Gasteiger partial charge in [0.05, 0.1) is 5.69 Å². The number of nitriles is 1. The molecule has 0 atom stereocenters. The molecule has 0 spiro atoms. The van der Waals surface area contributed by atoms with Crippen LogP contribution in [0.1, 0.15) is 49.5 Å². The molecule has 0 unspecified atom stereocenters. The fourth-order valence-electron chi connectivity index (χ4n) is 1.55. The summed E-state index contributed by atoms with van der Waals surface area (Å²) >= 11 is 1.49. The highest BCUT2D eigenvalue weighted by Gasteiger charge is 2.17. The summed E-state index contributed by atoms with van der Waals surface area (Å²) in [5.74, 6) is 0.338. The molecule has 7 heteroatoms. The Morgan fingerprint density at radius 3 is 2.67 bits per heavy atom. The highest BCUT2D eigenvalue weighted by Crippen LogP contribution is 2.23. The van der Waals surface area contributed by atoms with Gasteiger partial charge in [-0.1, -0.05) is 43.7 Å². The standard InChI is InChI=1S/C11H14N6S/c1-4-5-9-8(6-12)13-16-17(9)11-15-14-10(18-11)7(2)3/h7H,4-5H2,1-3H3. The summed E-state index contributed by atoms with van der Waals surface area (Å²) in [5.41, 5.74) is 1.18. The summed E-state index contributed by atoms with van der Waals surface area (Å²) in [6.07, 6.45) is 1.68. The van der Waals surface area contributed by atoms with Crippen LogP contribution in [0.2, 0.25) is 0 Å². The van der Waals surface area contributed by atoms with E-state index in [4.69, 9.17) is 5.26 Å². The average molecular weight is 262 g/mol. The lowest BCUT2D eigenvalue weighted by Crippen LogP contribution is -2.02. The molecule has 0 aliphatic heterocycles. The fourth-order valence-corrected chi connectivity index (χ4v) is 2.37. The van der Waals surface area contributed by atoms with E-state index in [0.29, 0.717) is 16.7 Å². The van der Waals surface area contributed by atoms with E-state index in [1.54, 1.807) is 4.68 Å². The second-order valence-corrected chi connectivity index (χ2v) is 5.22. The Kier molecular flexibility index (Phi) is 3.67. The molecular formula is C11H14N6S. The van der Waals surface area contributed by atoms with Crippen LogP contribution in [-0.2, 0) is 6.42 Å². The molecule has 0 radical (unpaired) electrons. The Hall–Kier alpha value is -1.81. The first kappa shape index (κ1) is 12.6. The minimum Gasteiger partial charge on any atom is -0.191 e. The van der Waals surface area contributed by atoms with Gasteiger partial charge in [0.2, 0.25) is 5.13 Å². The molecule has 2 rings (SSSR count). The molecule has 0 aliphatic rings. The fraction of sp³-hybridized carbons (Fsp3) is 0.545. The van der Waals surface area contributed by atoms with E-state index in [9.17, 15) is 0 Å². The summed E-state index contributed by atoms with van der Waals surface area (Å²) < 4.78 is 1.63. The number of nitrogens with zero attached hydrogens (tertiary/aromatic N) is 6. The molecule has 0 N–H and O–H groups in total. The summed E-state index contributed by atoms with van der Waals surface area (Å²) in [4.78, 5) is 0. The average Bonchev–Trinajstić information content (AvgIpc) is 2.95. The number of aromatic nitrogens is 5. The maximum atomic E-state index is 9.00. The molecule has 0 saturated heterocycles. The quantitative estimate of drug-likeness (QED) is 0.842. The zero-order chi connectivity index (χ0) is 13.1. The zero-order valence-electron chi connectivity index (χ0n) is 10.6. The van der Waals surface area contributed by atoms with Gasteiger partial charge in [0.25, 0.3) is 0 Å². The Balaban J connectivity index is 2.43. The second-order valence-electron chi connectivity index (χ2n) is 4.24. The van der Waals surface area contributed by atoms with Crippen LogP contribution in [-0.4, -0.2) is 25.2 Å². The molecule has 6 nitrogen and oxygen atoms in total. The number of hydrogen-bond acceptors (Lipinski definition) is 6. The van der Waals surface area contributed by atoms with Gasteiger partial charge in [-0.3, -0.25) is 0 Å². The van der Waals surface area contributed by atoms with Crippen LogP contribution in [0, 0.1) is 11.3 Å². The molecule has 2 heterocycles. The monoisotopic (exact) mass is 262 g/mol. The summed E-state index contributed by atoms with van der Waals surface area (Å²) in [7, 11) is 0. The van der Waals surface area contributed by atoms with Gasteiger partial charge in [-0.2, -0.15) is 9.94 Å². The SMILES string of the molecule is CCCc1c(C#N)nnn1-c1nnc(C(C)C)s1. The van der Waals surface area contributed by atoms with Crippen molar-refractivity contribution >= 4 is 11.3 Å². The van der Waals surface area contributed by atoms with Crippen molar-refractivity contribution in [2.45, 2.75) is 39.5 Å². The first-order valence-corrected chi connectivity index (χ1v) is 6.67. The lowest BCUT2D eigenvalue weighted by Gasteiger charge is -2.00. The van der Waals surface area contributed by atoms with Gasteiger partial charge in [-0.05, 0) is 6.42 Å². The molecule has 0 fully saturated rings. The Morgan fingerprint density at radius 2 is 2.11 bits per heavy atom. The third-order valence-electron chi connectivity index (χ3n) is 2.46. The summed E-state index contributed by atoms with van der Waals surface area (Å²) in [5, 5.41) is 26.8. The normalized spacial score (nSPS) is 10.8. The second kappa shape index (κ2) is 5.23. The van der Waals surface area contributed by atoms with Crippen molar-refractivity contribution in [3.8, 4) is 11.2 Å². The predicted octanol–water partition coefficient (Wildman–Crippen LogP) is 2.07. The van der Waals surface area contributed by atoms with Crippen molar-refractivity contribution in [3.05, 3.63) is 16.4 Å². The Morgan fingerprint density at radius 1 is 1.33 bits per heavy atom.